The minimum atomic E-state index is -1.81. The molecule has 0 aromatic rings. The molecule has 212 valence electrons. The van der Waals surface area contributed by atoms with Crippen LogP contribution < -0.4 is 0 Å². The highest BCUT2D eigenvalue weighted by atomic mass is 16.7. The Balaban J connectivity index is 1.29. The third-order valence-electron chi connectivity index (χ3n) is 10.2. The first-order valence-electron chi connectivity index (χ1n) is 14.3. The fraction of sp³-hybridized carbons (Fsp3) is 0.828. The van der Waals surface area contributed by atoms with Gasteiger partial charge in [-0.25, -0.2) is 0 Å². The largest absolute Gasteiger partial charge is 0.462 e. The second-order valence-corrected chi connectivity index (χ2v) is 12.4. The number of carbonyl (C=O) groups excluding carboxylic acids is 3. The molecule has 0 aromatic heterocycles. The van der Waals surface area contributed by atoms with Gasteiger partial charge < -0.3 is 29.2 Å². The van der Waals surface area contributed by atoms with Crippen molar-refractivity contribution >= 4 is 17.9 Å². The Kier molecular flexibility index (Phi) is 6.97. The van der Waals surface area contributed by atoms with Crippen LogP contribution in [0.2, 0.25) is 0 Å². The van der Waals surface area contributed by atoms with Gasteiger partial charge in [0.25, 0.3) is 0 Å². The molecule has 5 fully saturated rings. The normalized spacial score (nSPS) is 44.8. The molecular formula is C29H42O9. The molecule has 3 aliphatic heterocycles. The number of aliphatic hydroxyl groups is 2. The number of rotatable bonds is 11. The van der Waals surface area contributed by atoms with E-state index in [1.165, 1.54) is 25.7 Å². The van der Waals surface area contributed by atoms with Crippen molar-refractivity contribution in [2.45, 2.75) is 127 Å². The van der Waals surface area contributed by atoms with Crippen molar-refractivity contribution in [3.05, 3.63) is 12.2 Å². The van der Waals surface area contributed by atoms with Crippen LogP contribution in [-0.4, -0.2) is 69.8 Å². The van der Waals surface area contributed by atoms with E-state index in [9.17, 15) is 24.6 Å². The standard InChI is InChI=1S/C29H42O9/c1-6-7-8-9-10-11-12-13-18(30)35-16(4)17-14-28(38-25(17)32)23-24(37-23)29(34)20-19(15(2)3)21(36-26(20)33)22(31)27(28,29)5/h16-17,19-24,31,34H,2,6-14H2,1,3-5H3/t16-,17+,19-,20+,21+,22+,23+,24-,27-,28+,29-/m0/s1. The van der Waals surface area contributed by atoms with Crippen LogP contribution in [0.5, 0.6) is 0 Å². The van der Waals surface area contributed by atoms with Crippen LogP contribution in [0.3, 0.4) is 0 Å². The van der Waals surface area contributed by atoms with Crippen molar-refractivity contribution in [3.8, 4) is 0 Å². The lowest BCUT2D eigenvalue weighted by molar-refractivity contribution is -0.272. The van der Waals surface area contributed by atoms with Crippen LogP contribution >= 0.6 is 0 Å². The number of epoxide rings is 1. The zero-order valence-corrected chi connectivity index (χ0v) is 22.9. The molecule has 3 heterocycles. The maximum Gasteiger partial charge on any atom is 0.313 e. The van der Waals surface area contributed by atoms with Gasteiger partial charge in [-0.15, -0.1) is 0 Å². The summed E-state index contributed by atoms with van der Waals surface area (Å²) in [6.45, 7) is 11.2. The molecule has 2 saturated carbocycles. The third kappa shape index (κ3) is 3.64. The summed E-state index contributed by atoms with van der Waals surface area (Å²) in [5, 5.41) is 23.8. The number of unbranched alkanes of at least 4 members (excludes halogenated alkanes) is 6. The Morgan fingerprint density at radius 3 is 2.45 bits per heavy atom. The lowest BCUT2D eigenvalue weighted by Crippen LogP contribution is -2.72. The second-order valence-electron chi connectivity index (χ2n) is 12.4. The summed E-state index contributed by atoms with van der Waals surface area (Å²) in [7, 11) is 0. The topological polar surface area (TPSA) is 132 Å². The van der Waals surface area contributed by atoms with Gasteiger partial charge in [0.05, 0.1) is 17.3 Å². The fourth-order valence-corrected chi connectivity index (χ4v) is 8.08. The quantitative estimate of drug-likeness (QED) is 0.135. The zero-order valence-electron chi connectivity index (χ0n) is 22.9. The zero-order chi connectivity index (χ0) is 27.6. The van der Waals surface area contributed by atoms with E-state index < -0.39 is 76.8 Å². The minimum absolute atomic E-state index is 0.0973. The van der Waals surface area contributed by atoms with E-state index in [1.54, 1.807) is 20.8 Å². The number of hydrogen-bond donors (Lipinski definition) is 2. The minimum Gasteiger partial charge on any atom is -0.462 e. The van der Waals surface area contributed by atoms with Gasteiger partial charge in [0.15, 0.2) is 5.60 Å². The van der Waals surface area contributed by atoms with Crippen molar-refractivity contribution in [1.82, 2.24) is 0 Å². The molecule has 0 aromatic carbocycles. The van der Waals surface area contributed by atoms with Gasteiger partial charge in [0, 0.05) is 18.8 Å². The Morgan fingerprint density at radius 1 is 1.13 bits per heavy atom. The van der Waals surface area contributed by atoms with E-state index in [1.807, 2.05) is 0 Å². The van der Waals surface area contributed by atoms with E-state index in [-0.39, 0.29) is 12.4 Å². The summed E-state index contributed by atoms with van der Waals surface area (Å²) in [6.07, 6.45) is 3.58. The first-order chi connectivity index (χ1) is 18.0. The van der Waals surface area contributed by atoms with Crippen LogP contribution in [0.4, 0.5) is 0 Å². The SMILES string of the molecule is C=C(C)[C@@H]1[C@H]2OC(=O)[C@@H]1[C@]1(O)[C@H]3O[C@H]3[C@]3(C[C@H]([C@H](C)OC(=O)CCCCCCCCC)C(=O)O3)[C@]1(C)[C@@H]2O. The van der Waals surface area contributed by atoms with Gasteiger partial charge in [-0.05, 0) is 20.3 Å². The third-order valence-corrected chi connectivity index (χ3v) is 10.2. The van der Waals surface area contributed by atoms with Crippen LogP contribution in [0.15, 0.2) is 12.2 Å². The number of esters is 3. The van der Waals surface area contributed by atoms with Crippen molar-refractivity contribution < 1.29 is 43.5 Å². The summed E-state index contributed by atoms with van der Waals surface area (Å²) < 4.78 is 23.1. The molecular weight excluding hydrogens is 492 g/mol. The smallest absolute Gasteiger partial charge is 0.313 e. The van der Waals surface area contributed by atoms with Gasteiger partial charge in [-0.3, -0.25) is 14.4 Å². The predicted molar refractivity (Wildman–Crippen MR) is 134 cm³/mol. The highest BCUT2D eigenvalue weighted by Crippen LogP contribution is 2.75. The van der Waals surface area contributed by atoms with Crippen molar-refractivity contribution in [1.29, 1.82) is 0 Å². The maximum atomic E-state index is 13.2. The predicted octanol–water partition coefficient (Wildman–Crippen LogP) is 2.99. The average molecular weight is 535 g/mol. The Labute approximate surface area is 224 Å². The molecule has 9 heteroatoms. The summed E-state index contributed by atoms with van der Waals surface area (Å²) in [5.41, 5.74) is -3.98. The number of fused-ring (bicyclic) bond motifs is 8. The van der Waals surface area contributed by atoms with Gasteiger partial charge in [-0.1, -0.05) is 64.5 Å². The molecule has 38 heavy (non-hydrogen) atoms. The monoisotopic (exact) mass is 534 g/mol. The average Bonchev–Trinajstić information content (AvgIpc) is 3.46. The van der Waals surface area contributed by atoms with E-state index >= 15 is 0 Å². The van der Waals surface area contributed by atoms with Crippen molar-refractivity contribution in [3.63, 3.8) is 0 Å². The molecule has 11 atom stereocenters. The Morgan fingerprint density at radius 2 is 1.79 bits per heavy atom. The highest BCUT2D eigenvalue weighted by molar-refractivity contribution is 5.81. The molecule has 5 aliphatic rings. The summed E-state index contributed by atoms with van der Waals surface area (Å²) in [4.78, 5) is 38.7. The first-order valence-corrected chi connectivity index (χ1v) is 14.3. The molecule has 1 spiro atoms. The van der Waals surface area contributed by atoms with Gasteiger partial charge >= 0.3 is 17.9 Å². The fourth-order valence-electron chi connectivity index (χ4n) is 8.08. The Hall–Kier alpha value is -1.97. The highest BCUT2D eigenvalue weighted by Gasteiger charge is 2.93. The molecule has 2 aliphatic carbocycles. The summed E-state index contributed by atoms with van der Waals surface area (Å²) in [5.74, 6) is -3.86. The van der Waals surface area contributed by atoms with E-state index in [0.29, 0.717) is 12.0 Å². The number of ether oxygens (including phenoxy) is 4. The van der Waals surface area contributed by atoms with Gasteiger partial charge in [0.1, 0.15) is 36.1 Å². The van der Waals surface area contributed by atoms with E-state index in [0.717, 1.165) is 19.3 Å². The molecule has 9 nitrogen and oxygen atoms in total. The number of carbonyl (C=O) groups is 3. The van der Waals surface area contributed by atoms with Gasteiger partial charge in [-0.2, -0.15) is 0 Å². The van der Waals surface area contributed by atoms with E-state index in [2.05, 4.69) is 13.5 Å². The summed E-state index contributed by atoms with van der Waals surface area (Å²) in [6, 6.07) is 0. The molecule has 3 saturated heterocycles. The molecule has 2 N–H and O–H groups in total. The first kappa shape index (κ1) is 27.6. The van der Waals surface area contributed by atoms with Crippen LogP contribution in [0.25, 0.3) is 0 Å². The lowest BCUT2D eigenvalue weighted by atomic mass is 9.50. The van der Waals surface area contributed by atoms with Crippen LogP contribution in [-0.2, 0) is 33.3 Å². The summed E-state index contributed by atoms with van der Waals surface area (Å²) >= 11 is 0. The molecule has 0 unspecified atom stereocenters. The van der Waals surface area contributed by atoms with Crippen LogP contribution in [0.1, 0.15) is 85.5 Å². The number of aliphatic hydroxyl groups excluding tert-OH is 1. The van der Waals surface area contributed by atoms with Crippen LogP contribution in [0, 0.1) is 23.2 Å². The van der Waals surface area contributed by atoms with Crippen molar-refractivity contribution in [2.24, 2.45) is 23.2 Å². The maximum absolute atomic E-state index is 13.2. The van der Waals surface area contributed by atoms with Crippen molar-refractivity contribution in [2.75, 3.05) is 0 Å². The number of hydrogen-bond acceptors (Lipinski definition) is 9. The van der Waals surface area contributed by atoms with Gasteiger partial charge in [0.2, 0.25) is 0 Å². The molecule has 0 amide bonds. The lowest BCUT2D eigenvalue weighted by Gasteiger charge is -2.57. The molecule has 5 rings (SSSR count). The van der Waals surface area contributed by atoms with E-state index in [4.69, 9.17) is 18.9 Å². The molecule has 0 radical (unpaired) electrons. The Bertz CT molecular complexity index is 1010. The second kappa shape index (κ2) is 9.59. The molecule has 2 bridgehead atoms.